The fourth-order valence-electron chi connectivity index (χ4n) is 3.14. The second-order valence-electron chi connectivity index (χ2n) is 5.60. The molecule has 0 aromatic heterocycles. The first-order valence-corrected chi connectivity index (χ1v) is 8.00. The molecule has 2 aromatic carbocycles. The number of ether oxygens (including phenoxy) is 3. The number of hydrogen-bond donors (Lipinski definition) is 0. The summed E-state index contributed by atoms with van der Waals surface area (Å²) in [5.74, 6) is -0.249. The molecule has 2 aliphatic rings. The van der Waals surface area contributed by atoms with Gasteiger partial charge in [-0.25, -0.2) is 4.79 Å². The summed E-state index contributed by atoms with van der Waals surface area (Å²) in [4.78, 5) is 24.8. The van der Waals surface area contributed by atoms with Gasteiger partial charge in [-0.15, -0.1) is 11.6 Å². The van der Waals surface area contributed by atoms with Crippen LogP contribution in [0, 0.1) is 0 Å². The highest BCUT2D eigenvalue weighted by molar-refractivity contribution is 6.28. The molecule has 2 atom stereocenters. The first-order chi connectivity index (χ1) is 11.7. The molecule has 0 saturated carbocycles. The van der Waals surface area contributed by atoms with Gasteiger partial charge in [-0.05, 0) is 29.3 Å². The van der Waals surface area contributed by atoms with E-state index in [1.807, 2.05) is 0 Å². The molecule has 24 heavy (non-hydrogen) atoms. The number of benzene rings is 2. The van der Waals surface area contributed by atoms with Crippen molar-refractivity contribution in [2.45, 2.75) is 12.0 Å². The minimum absolute atomic E-state index is 0.149. The molecule has 5 nitrogen and oxygen atoms in total. The van der Waals surface area contributed by atoms with Crippen LogP contribution in [0.3, 0.4) is 0 Å². The minimum Gasteiger partial charge on any atom is -0.454 e. The number of alkyl halides is 1. The van der Waals surface area contributed by atoms with Gasteiger partial charge >= 0.3 is 5.97 Å². The van der Waals surface area contributed by atoms with Crippen LogP contribution in [0.25, 0.3) is 0 Å². The standard InChI is InChI=1S/C18H13ClO5/c19-8-13(20)16-11-3-1-2-4-12(11)18(21)24-17(16)10-5-6-14-15(7-10)23-9-22-14/h1-7,16-17H,8-9H2. The molecule has 0 radical (unpaired) electrons. The maximum absolute atomic E-state index is 12.5. The molecular formula is C18H13ClO5. The zero-order chi connectivity index (χ0) is 16.7. The Morgan fingerprint density at radius 3 is 2.75 bits per heavy atom. The zero-order valence-electron chi connectivity index (χ0n) is 12.5. The molecule has 2 unspecified atom stereocenters. The Labute approximate surface area is 143 Å². The summed E-state index contributed by atoms with van der Waals surface area (Å²) >= 11 is 5.80. The molecule has 0 aliphatic carbocycles. The quantitative estimate of drug-likeness (QED) is 0.632. The Morgan fingerprint density at radius 2 is 1.92 bits per heavy atom. The number of carbonyl (C=O) groups excluding carboxylic acids is 2. The molecule has 4 rings (SSSR count). The molecule has 0 N–H and O–H groups in total. The van der Waals surface area contributed by atoms with Crippen molar-refractivity contribution < 1.29 is 23.8 Å². The van der Waals surface area contributed by atoms with E-state index in [2.05, 4.69) is 0 Å². The molecule has 2 aromatic rings. The lowest BCUT2D eigenvalue weighted by atomic mass is 9.81. The summed E-state index contributed by atoms with van der Waals surface area (Å²) in [7, 11) is 0. The highest BCUT2D eigenvalue weighted by Crippen LogP contribution is 2.44. The number of hydrogen-bond acceptors (Lipinski definition) is 5. The number of halogens is 1. The van der Waals surface area contributed by atoms with Gasteiger partial charge < -0.3 is 14.2 Å². The van der Waals surface area contributed by atoms with Gasteiger partial charge in [0.05, 0.1) is 17.4 Å². The fourth-order valence-corrected chi connectivity index (χ4v) is 3.31. The number of fused-ring (bicyclic) bond motifs is 2. The van der Waals surface area contributed by atoms with E-state index in [1.165, 1.54) is 0 Å². The Balaban J connectivity index is 1.82. The van der Waals surface area contributed by atoms with E-state index in [0.717, 1.165) is 0 Å². The fraction of sp³-hybridized carbons (Fsp3) is 0.222. The first-order valence-electron chi connectivity index (χ1n) is 7.47. The lowest BCUT2D eigenvalue weighted by Crippen LogP contribution is -2.31. The maximum atomic E-state index is 12.5. The van der Waals surface area contributed by atoms with Gasteiger partial charge in [0.15, 0.2) is 17.3 Å². The summed E-state index contributed by atoms with van der Waals surface area (Å²) in [6.45, 7) is 0.149. The molecule has 2 heterocycles. The number of Topliss-reactive ketones (excluding diaryl/α,β-unsaturated/α-hetero) is 1. The van der Waals surface area contributed by atoms with E-state index >= 15 is 0 Å². The number of rotatable bonds is 3. The van der Waals surface area contributed by atoms with Gasteiger partial charge in [0.2, 0.25) is 6.79 Å². The van der Waals surface area contributed by atoms with Crippen molar-refractivity contribution in [2.75, 3.05) is 12.7 Å². The van der Waals surface area contributed by atoms with Crippen molar-refractivity contribution in [1.82, 2.24) is 0 Å². The van der Waals surface area contributed by atoms with E-state index in [4.69, 9.17) is 25.8 Å². The number of carbonyl (C=O) groups is 2. The molecule has 0 saturated heterocycles. The molecular weight excluding hydrogens is 332 g/mol. The summed E-state index contributed by atoms with van der Waals surface area (Å²) in [6, 6.07) is 12.2. The summed E-state index contributed by atoms with van der Waals surface area (Å²) in [6.07, 6.45) is -0.742. The van der Waals surface area contributed by atoms with E-state index in [-0.39, 0.29) is 18.5 Å². The van der Waals surface area contributed by atoms with Crippen molar-refractivity contribution in [3.63, 3.8) is 0 Å². The van der Waals surface area contributed by atoms with Crippen LogP contribution in [0.5, 0.6) is 11.5 Å². The van der Waals surface area contributed by atoms with Crippen molar-refractivity contribution in [1.29, 1.82) is 0 Å². The summed E-state index contributed by atoms with van der Waals surface area (Å²) in [5, 5.41) is 0. The van der Waals surface area contributed by atoms with E-state index < -0.39 is 18.0 Å². The monoisotopic (exact) mass is 344 g/mol. The predicted molar refractivity (Wildman–Crippen MR) is 85.6 cm³/mol. The van der Waals surface area contributed by atoms with Gasteiger partial charge in [-0.1, -0.05) is 24.3 Å². The largest absolute Gasteiger partial charge is 0.454 e. The van der Waals surface area contributed by atoms with Gasteiger partial charge in [0.25, 0.3) is 0 Å². The van der Waals surface area contributed by atoms with Crippen LogP contribution in [0.1, 0.15) is 33.5 Å². The number of esters is 1. The Kier molecular flexibility index (Phi) is 3.65. The van der Waals surface area contributed by atoms with Gasteiger partial charge in [0.1, 0.15) is 6.10 Å². The summed E-state index contributed by atoms with van der Waals surface area (Å²) < 4.78 is 16.2. The Bertz CT molecular complexity index is 832. The van der Waals surface area contributed by atoms with Gasteiger partial charge in [-0.2, -0.15) is 0 Å². The highest BCUT2D eigenvalue weighted by Gasteiger charge is 2.40. The Hall–Kier alpha value is -2.53. The lowest BCUT2D eigenvalue weighted by Gasteiger charge is -2.32. The molecule has 0 bridgehead atoms. The molecule has 2 aliphatic heterocycles. The van der Waals surface area contributed by atoms with Crippen LogP contribution >= 0.6 is 11.6 Å². The third kappa shape index (κ3) is 2.32. The third-order valence-corrected chi connectivity index (χ3v) is 4.52. The molecule has 0 fully saturated rings. The van der Waals surface area contributed by atoms with Crippen LogP contribution in [0.2, 0.25) is 0 Å². The summed E-state index contributed by atoms with van der Waals surface area (Å²) in [5.41, 5.74) is 1.71. The molecule has 122 valence electrons. The zero-order valence-corrected chi connectivity index (χ0v) is 13.3. The van der Waals surface area contributed by atoms with Gasteiger partial charge in [0, 0.05) is 0 Å². The highest BCUT2D eigenvalue weighted by atomic mass is 35.5. The smallest absolute Gasteiger partial charge is 0.339 e. The third-order valence-electron chi connectivity index (χ3n) is 4.26. The first kappa shape index (κ1) is 15.0. The van der Waals surface area contributed by atoms with Crippen LogP contribution in [-0.2, 0) is 9.53 Å². The van der Waals surface area contributed by atoms with Gasteiger partial charge in [-0.3, -0.25) is 4.79 Å². The molecule has 0 spiro atoms. The average molecular weight is 345 g/mol. The van der Waals surface area contributed by atoms with Crippen molar-refractivity contribution in [2.24, 2.45) is 0 Å². The van der Waals surface area contributed by atoms with Crippen LogP contribution < -0.4 is 9.47 Å². The number of cyclic esters (lactones) is 1. The maximum Gasteiger partial charge on any atom is 0.339 e. The van der Waals surface area contributed by atoms with Crippen molar-refractivity contribution >= 4 is 23.4 Å². The predicted octanol–water partition coefficient (Wildman–Crippen LogP) is 3.22. The SMILES string of the molecule is O=C1OC(c2ccc3c(c2)OCO3)C(C(=O)CCl)c2ccccc21. The van der Waals surface area contributed by atoms with E-state index in [1.54, 1.807) is 42.5 Å². The minimum atomic E-state index is -0.742. The normalized spacial score (nSPS) is 21.1. The van der Waals surface area contributed by atoms with Crippen molar-refractivity contribution in [3.05, 3.63) is 59.2 Å². The van der Waals surface area contributed by atoms with E-state index in [0.29, 0.717) is 28.2 Å². The second-order valence-corrected chi connectivity index (χ2v) is 5.87. The molecule has 0 amide bonds. The van der Waals surface area contributed by atoms with Crippen LogP contribution in [-0.4, -0.2) is 24.4 Å². The van der Waals surface area contributed by atoms with Crippen molar-refractivity contribution in [3.8, 4) is 11.5 Å². The molecule has 6 heteroatoms. The van der Waals surface area contributed by atoms with Crippen LogP contribution in [0.15, 0.2) is 42.5 Å². The topological polar surface area (TPSA) is 61.8 Å². The second kappa shape index (κ2) is 5.83. The van der Waals surface area contributed by atoms with Crippen LogP contribution in [0.4, 0.5) is 0 Å². The Morgan fingerprint density at radius 1 is 1.12 bits per heavy atom. The lowest BCUT2D eigenvalue weighted by molar-refractivity contribution is -0.121. The van der Waals surface area contributed by atoms with E-state index in [9.17, 15) is 9.59 Å². The number of ketones is 1. The average Bonchev–Trinajstić information content (AvgIpc) is 3.08.